The van der Waals surface area contributed by atoms with Crippen molar-refractivity contribution in [2.75, 3.05) is 5.32 Å². The summed E-state index contributed by atoms with van der Waals surface area (Å²) in [5.41, 5.74) is 7.50. The zero-order valence-electron chi connectivity index (χ0n) is 16.2. The van der Waals surface area contributed by atoms with Crippen molar-refractivity contribution in [3.63, 3.8) is 0 Å². The van der Waals surface area contributed by atoms with Crippen LogP contribution >= 0.6 is 0 Å². The minimum absolute atomic E-state index is 0.00342. The summed E-state index contributed by atoms with van der Waals surface area (Å²) in [4.78, 5) is 24.6. The van der Waals surface area contributed by atoms with Crippen LogP contribution in [-0.2, 0) is 7.05 Å². The van der Waals surface area contributed by atoms with Gasteiger partial charge < -0.3 is 15.8 Å². The quantitative estimate of drug-likeness (QED) is 0.658. The molecule has 0 radical (unpaired) electrons. The molecule has 0 spiro atoms. The first-order valence-corrected chi connectivity index (χ1v) is 9.58. The van der Waals surface area contributed by atoms with Gasteiger partial charge in [0.15, 0.2) is 0 Å². The van der Waals surface area contributed by atoms with Crippen molar-refractivity contribution in [2.24, 2.45) is 12.8 Å². The predicted octanol–water partition coefficient (Wildman–Crippen LogP) is 2.17. The van der Waals surface area contributed by atoms with Gasteiger partial charge >= 0.3 is 0 Å². The highest BCUT2D eigenvalue weighted by Crippen LogP contribution is 2.26. The molecule has 1 amide bonds. The lowest BCUT2D eigenvalue weighted by Crippen LogP contribution is -2.32. The summed E-state index contributed by atoms with van der Waals surface area (Å²) >= 11 is 0. The van der Waals surface area contributed by atoms with Crippen LogP contribution in [0.15, 0.2) is 43.0 Å². The van der Waals surface area contributed by atoms with Crippen LogP contribution in [0.4, 0.5) is 5.95 Å². The third kappa shape index (κ3) is 4.50. The average Bonchev–Trinajstić information content (AvgIpc) is 3.16. The summed E-state index contributed by atoms with van der Waals surface area (Å²) in [6, 6.07) is 5.44. The molecule has 1 aliphatic carbocycles. The molecule has 0 aromatic carbocycles. The summed E-state index contributed by atoms with van der Waals surface area (Å²) in [5, 5.41) is 7.60. The minimum atomic E-state index is -0.533. The normalized spacial score (nSPS) is 18.9. The van der Waals surface area contributed by atoms with Gasteiger partial charge in [0.1, 0.15) is 11.7 Å². The number of carbonyl (C=O) groups excluding carboxylic acids is 1. The minimum Gasteiger partial charge on any atom is -0.474 e. The van der Waals surface area contributed by atoms with Crippen molar-refractivity contribution in [1.82, 2.24) is 24.7 Å². The van der Waals surface area contributed by atoms with Gasteiger partial charge in [0, 0.05) is 37.2 Å². The van der Waals surface area contributed by atoms with Crippen molar-refractivity contribution in [3.8, 4) is 17.1 Å². The number of nitrogens with one attached hydrogen (secondary N) is 1. The van der Waals surface area contributed by atoms with Crippen molar-refractivity contribution in [2.45, 2.75) is 37.8 Å². The standard InChI is InChI=1S/C20H23N7O2/c1-27-12-13(11-24-27)17-8-10-23-20(26-17)25-14-4-6-15(7-5-14)29-19-16(18(21)28)3-2-9-22-19/h2-3,8-12,14-15H,4-7H2,1H3,(H2,21,28)(H,23,25,26). The van der Waals surface area contributed by atoms with E-state index >= 15 is 0 Å². The van der Waals surface area contributed by atoms with E-state index in [-0.39, 0.29) is 12.1 Å². The number of anilines is 1. The number of rotatable bonds is 6. The molecule has 0 bridgehead atoms. The predicted molar refractivity (Wildman–Crippen MR) is 107 cm³/mol. The maximum absolute atomic E-state index is 11.5. The Morgan fingerprint density at radius 1 is 1.21 bits per heavy atom. The molecule has 4 rings (SSSR count). The third-order valence-corrected chi connectivity index (χ3v) is 4.98. The Morgan fingerprint density at radius 2 is 2.03 bits per heavy atom. The number of nitrogens with two attached hydrogens (primary N) is 1. The van der Waals surface area contributed by atoms with Crippen LogP contribution in [-0.4, -0.2) is 42.8 Å². The number of nitrogens with zero attached hydrogens (tertiary/aromatic N) is 5. The second kappa shape index (κ2) is 8.26. The molecule has 29 heavy (non-hydrogen) atoms. The molecule has 1 aliphatic rings. The van der Waals surface area contributed by atoms with Crippen molar-refractivity contribution < 1.29 is 9.53 Å². The van der Waals surface area contributed by atoms with Crippen LogP contribution in [0.1, 0.15) is 36.0 Å². The molecule has 0 saturated heterocycles. The number of aromatic nitrogens is 5. The van der Waals surface area contributed by atoms with E-state index in [0.717, 1.165) is 36.9 Å². The third-order valence-electron chi connectivity index (χ3n) is 4.98. The van der Waals surface area contributed by atoms with E-state index in [2.05, 4.69) is 25.4 Å². The summed E-state index contributed by atoms with van der Waals surface area (Å²) in [7, 11) is 1.88. The van der Waals surface area contributed by atoms with Gasteiger partial charge in [-0.1, -0.05) is 0 Å². The number of pyridine rings is 1. The van der Waals surface area contributed by atoms with Crippen LogP contribution < -0.4 is 15.8 Å². The van der Waals surface area contributed by atoms with Gasteiger partial charge in [0.2, 0.25) is 11.8 Å². The van der Waals surface area contributed by atoms with Gasteiger partial charge in [-0.25, -0.2) is 15.0 Å². The van der Waals surface area contributed by atoms with Crippen LogP contribution in [0.3, 0.4) is 0 Å². The highest BCUT2D eigenvalue weighted by atomic mass is 16.5. The van der Waals surface area contributed by atoms with Crippen LogP contribution in [0.2, 0.25) is 0 Å². The molecule has 9 nitrogen and oxygen atoms in total. The molecule has 0 unspecified atom stereocenters. The second-order valence-corrected chi connectivity index (χ2v) is 7.12. The molecule has 0 atom stereocenters. The number of primary amides is 1. The van der Waals surface area contributed by atoms with Gasteiger partial charge in [-0.2, -0.15) is 5.10 Å². The van der Waals surface area contributed by atoms with E-state index in [1.807, 2.05) is 19.3 Å². The number of amides is 1. The lowest BCUT2D eigenvalue weighted by atomic mass is 9.93. The van der Waals surface area contributed by atoms with E-state index in [1.54, 1.807) is 35.4 Å². The summed E-state index contributed by atoms with van der Waals surface area (Å²) in [5.74, 6) is 0.384. The molecule has 150 valence electrons. The first kappa shape index (κ1) is 18.9. The zero-order chi connectivity index (χ0) is 20.2. The van der Waals surface area contributed by atoms with Crippen molar-refractivity contribution >= 4 is 11.9 Å². The molecule has 9 heteroatoms. The molecule has 1 saturated carbocycles. The monoisotopic (exact) mass is 393 g/mol. The zero-order valence-corrected chi connectivity index (χ0v) is 16.2. The fourth-order valence-corrected chi connectivity index (χ4v) is 3.48. The maximum atomic E-state index is 11.5. The van der Waals surface area contributed by atoms with Crippen LogP contribution in [0.5, 0.6) is 5.88 Å². The largest absolute Gasteiger partial charge is 0.474 e. The van der Waals surface area contributed by atoms with E-state index in [1.165, 1.54) is 0 Å². The van der Waals surface area contributed by atoms with E-state index in [9.17, 15) is 4.79 Å². The molecule has 3 aromatic rings. The van der Waals surface area contributed by atoms with Crippen LogP contribution in [0.25, 0.3) is 11.3 Å². The second-order valence-electron chi connectivity index (χ2n) is 7.12. The van der Waals surface area contributed by atoms with E-state index in [4.69, 9.17) is 10.5 Å². The number of hydrogen-bond donors (Lipinski definition) is 2. The number of ether oxygens (including phenoxy) is 1. The first-order chi connectivity index (χ1) is 14.1. The van der Waals surface area contributed by atoms with Gasteiger partial charge in [-0.3, -0.25) is 9.48 Å². The van der Waals surface area contributed by atoms with Gasteiger partial charge in [-0.05, 0) is 43.9 Å². The molecule has 3 aromatic heterocycles. The average molecular weight is 393 g/mol. The molecular formula is C20H23N7O2. The lowest BCUT2D eigenvalue weighted by molar-refractivity contribution is 0.0983. The SMILES string of the molecule is Cn1cc(-c2ccnc(NC3CCC(Oc4ncccc4C(N)=O)CC3)n2)cn1. The van der Waals surface area contributed by atoms with Gasteiger partial charge in [0.05, 0.1) is 11.9 Å². The highest BCUT2D eigenvalue weighted by molar-refractivity contribution is 5.94. The topological polar surface area (TPSA) is 121 Å². The molecule has 3 N–H and O–H groups in total. The Kier molecular flexibility index (Phi) is 5.37. The summed E-state index contributed by atoms with van der Waals surface area (Å²) in [6.07, 6.45) is 10.6. The number of hydrogen-bond acceptors (Lipinski definition) is 7. The smallest absolute Gasteiger partial charge is 0.254 e. The Labute approximate surface area is 168 Å². The van der Waals surface area contributed by atoms with Crippen molar-refractivity contribution in [3.05, 3.63) is 48.5 Å². The summed E-state index contributed by atoms with van der Waals surface area (Å²) in [6.45, 7) is 0. The fraction of sp³-hybridized carbons (Fsp3) is 0.350. The molecular weight excluding hydrogens is 370 g/mol. The van der Waals surface area contributed by atoms with Crippen molar-refractivity contribution in [1.29, 1.82) is 0 Å². The number of carbonyl (C=O) groups is 1. The van der Waals surface area contributed by atoms with Crippen LogP contribution in [0, 0.1) is 0 Å². The van der Waals surface area contributed by atoms with Gasteiger partial charge in [0.25, 0.3) is 5.91 Å². The molecule has 3 heterocycles. The Bertz CT molecular complexity index is 996. The highest BCUT2D eigenvalue weighted by Gasteiger charge is 2.24. The lowest BCUT2D eigenvalue weighted by Gasteiger charge is -2.29. The van der Waals surface area contributed by atoms with E-state index in [0.29, 0.717) is 17.4 Å². The maximum Gasteiger partial charge on any atom is 0.254 e. The van der Waals surface area contributed by atoms with E-state index < -0.39 is 5.91 Å². The Morgan fingerprint density at radius 3 is 2.76 bits per heavy atom. The van der Waals surface area contributed by atoms with Gasteiger partial charge in [-0.15, -0.1) is 0 Å². The number of aryl methyl sites for hydroxylation is 1. The fourth-order valence-electron chi connectivity index (χ4n) is 3.48. The molecule has 1 fully saturated rings. The Balaban J connectivity index is 1.34. The summed E-state index contributed by atoms with van der Waals surface area (Å²) < 4.78 is 7.69. The Hall–Kier alpha value is -3.49. The molecule has 0 aliphatic heterocycles. The first-order valence-electron chi connectivity index (χ1n) is 9.58.